The lowest BCUT2D eigenvalue weighted by molar-refractivity contribution is -0.117. The third-order valence-electron chi connectivity index (χ3n) is 2.55. The summed E-state index contributed by atoms with van der Waals surface area (Å²) in [5.41, 5.74) is 0.555. The van der Waals surface area contributed by atoms with Crippen molar-refractivity contribution < 1.29 is 13.9 Å². The number of halogens is 1. The van der Waals surface area contributed by atoms with Crippen molar-refractivity contribution in [1.82, 2.24) is 0 Å². The number of ether oxygens (including phenoxy) is 1. The Labute approximate surface area is 98.6 Å². The van der Waals surface area contributed by atoms with Gasteiger partial charge in [-0.15, -0.1) is 0 Å². The van der Waals surface area contributed by atoms with Gasteiger partial charge in [0.05, 0.1) is 7.11 Å². The molecule has 3 nitrogen and oxygen atoms in total. The fraction of sp³-hybridized carbons (Fsp3) is 0.364. The van der Waals surface area contributed by atoms with Gasteiger partial charge in [0.1, 0.15) is 0 Å². The van der Waals surface area contributed by atoms with Crippen LogP contribution in [0.5, 0.6) is 5.75 Å². The molecule has 16 heavy (non-hydrogen) atoms. The first-order valence-electron chi connectivity index (χ1n) is 4.94. The Balaban J connectivity index is 2.28. The number of thiol groups is 1. The van der Waals surface area contributed by atoms with Crippen molar-refractivity contribution in [3.05, 3.63) is 24.0 Å². The van der Waals surface area contributed by atoms with E-state index in [9.17, 15) is 9.18 Å². The molecule has 0 radical (unpaired) electrons. The first-order valence-corrected chi connectivity index (χ1v) is 5.45. The lowest BCUT2D eigenvalue weighted by Gasteiger charge is -2.16. The van der Waals surface area contributed by atoms with E-state index in [1.165, 1.54) is 19.2 Å². The largest absolute Gasteiger partial charge is 0.494 e. The highest BCUT2D eigenvalue weighted by Gasteiger charge is 2.28. The van der Waals surface area contributed by atoms with Crippen LogP contribution in [0.4, 0.5) is 10.1 Å². The summed E-state index contributed by atoms with van der Waals surface area (Å²) in [5.74, 6) is -0.308. The summed E-state index contributed by atoms with van der Waals surface area (Å²) in [6.07, 6.45) is 0.400. The highest BCUT2D eigenvalue weighted by Crippen LogP contribution is 2.27. The molecule has 1 aliphatic rings. The molecule has 2 rings (SSSR count). The Morgan fingerprint density at radius 1 is 1.56 bits per heavy atom. The van der Waals surface area contributed by atoms with E-state index in [0.717, 1.165) is 0 Å². The maximum Gasteiger partial charge on any atom is 0.228 e. The number of nitrogens with zero attached hydrogens (tertiary/aromatic N) is 1. The molecule has 0 spiro atoms. The maximum absolute atomic E-state index is 13.4. The quantitative estimate of drug-likeness (QED) is 0.801. The van der Waals surface area contributed by atoms with Gasteiger partial charge in [-0.3, -0.25) is 4.79 Å². The lowest BCUT2D eigenvalue weighted by Crippen LogP contribution is -2.24. The molecule has 1 unspecified atom stereocenters. The zero-order valence-corrected chi connectivity index (χ0v) is 9.71. The molecule has 0 aliphatic carbocycles. The summed E-state index contributed by atoms with van der Waals surface area (Å²) in [6.45, 7) is 0.522. The number of rotatable bonds is 2. The van der Waals surface area contributed by atoms with Crippen LogP contribution in [-0.4, -0.2) is 24.8 Å². The number of amides is 1. The molecule has 0 bridgehead atoms. The van der Waals surface area contributed by atoms with Gasteiger partial charge in [-0.1, -0.05) is 0 Å². The number of hydrogen-bond acceptors (Lipinski definition) is 3. The van der Waals surface area contributed by atoms with Crippen molar-refractivity contribution in [3.63, 3.8) is 0 Å². The standard InChI is InChI=1S/C11H12FNO2S/c1-15-10-3-2-7(4-9(10)12)13-6-8(16)5-11(13)14/h2-4,8,16H,5-6H2,1H3. The lowest BCUT2D eigenvalue weighted by atomic mass is 10.2. The number of anilines is 1. The van der Waals surface area contributed by atoms with Crippen LogP contribution in [0.1, 0.15) is 6.42 Å². The Hall–Kier alpha value is -1.23. The Kier molecular flexibility index (Phi) is 3.05. The molecular weight excluding hydrogens is 229 g/mol. The van der Waals surface area contributed by atoms with Crippen LogP contribution >= 0.6 is 12.6 Å². The van der Waals surface area contributed by atoms with Crippen molar-refractivity contribution in [3.8, 4) is 5.75 Å². The van der Waals surface area contributed by atoms with Gasteiger partial charge in [-0.25, -0.2) is 4.39 Å². The molecule has 1 heterocycles. The van der Waals surface area contributed by atoms with Gasteiger partial charge in [0.2, 0.25) is 5.91 Å². The summed E-state index contributed by atoms with van der Waals surface area (Å²) in [6, 6.07) is 4.50. The van der Waals surface area contributed by atoms with E-state index >= 15 is 0 Å². The molecular formula is C11H12FNO2S. The number of carbonyl (C=O) groups is 1. The van der Waals surface area contributed by atoms with Crippen LogP contribution in [0.3, 0.4) is 0 Å². The molecule has 1 amide bonds. The zero-order chi connectivity index (χ0) is 11.7. The topological polar surface area (TPSA) is 29.5 Å². The molecule has 1 aliphatic heterocycles. The van der Waals surface area contributed by atoms with Gasteiger partial charge in [0.25, 0.3) is 0 Å². The van der Waals surface area contributed by atoms with Crippen LogP contribution in [0, 0.1) is 5.82 Å². The van der Waals surface area contributed by atoms with Crippen LogP contribution in [0.25, 0.3) is 0 Å². The molecule has 5 heteroatoms. The summed E-state index contributed by atoms with van der Waals surface area (Å²) < 4.78 is 18.3. The van der Waals surface area contributed by atoms with E-state index in [0.29, 0.717) is 18.7 Å². The van der Waals surface area contributed by atoms with E-state index in [-0.39, 0.29) is 16.9 Å². The normalized spacial score (nSPS) is 20.3. The summed E-state index contributed by atoms with van der Waals surface area (Å²) in [7, 11) is 1.41. The van der Waals surface area contributed by atoms with Crippen molar-refractivity contribution in [2.75, 3.05) is 18.6 Å². The molecule has 0 saturated carbocycles. The van der Waals surface area contributed by atoms with Gasteiger partial charge in [0.15, 0.2) is 11.6 Å². The number of methoxy groups -OCH3 is 1. The fourth-order valence-corrected chi connectivity index (χ4v) is 2.08. The first kappa shape index (κ1) is 11.3. The maximum atomic E-state index is 13.4. The molecule has 86 valence electrons. The van der Waals surface area contributed by atoms with E-state index < -0.39 is 5.82 Å². The summed E-state index contributed by atoms with van der Waals surface area (Å²) in [5, 5.41) is 0.0256. The predicted octanol–water partition coefficient (Wildman–Crippen LogP) is 1.87. The van der Waals surface area contributed by atoms with Crippen LogP contribution in [-0.2, 0) is 4.79 Å². The van der Waals surface area contributed by atoms with E-state index in [1.54, 1.807) is 11.0 Å². The first-order chi connectivity index (χ1) is 7.61. The highest BCUT2D eigenvalue weighted by atomic mass is 32.1. The molecule has 1 atom stereocenters. The second kappa shape index (κ2) is 4.33. The molecule has 1 fully saturated rings. The average molecular weight is 241 g/mol. The summed E-state index contributed by atoms with van der Waals surface area (Å²) >= 11 is 4.24. The fourth-order valence-electron chi connectivity index (χ4n) is 1.76. The second-order valence-corrected chi connectivity index (χ2v) is 4.41. The van der Waals surface area contributed by atoms with E-state index in [1.807, 2.05) is 0 Å². The smallest absolute Gasteiger partial charge is 0.228 e. The van der Waals surface area contributed by atoms with Crippen LogP contribution in [0.15, 0.2) is 18.2 Å². The van der Waals surface area contributed by atoms with Gasteiger partial charge in [0, 0.05) is 30.0 Å². The highest BCUT2D eigenvalue weighted by molar-refractivity contribution is 7.81. The van der Waals surface area contributed by atoms with Crippen LogP contribution in [0.2, 0.25) is 0 Å². The number of benzene rings is 1. The average Bonchev–Trinajstić information content (AvgIpc) is 2.58. The Bertz CT molecular complexity index is 424. The van der Waals surface area contributed by atoms with Gasteiger partial charge >= 0.3 is 0 Å². The number of carbonyl (C=O) groups excluding carboxylic acids is 1. The zero-order valence-electron chi connectivity index (χ0n) is 8.81. The van der Waals surface area contributed by atoms with E-state index in [4.69, 9.17) is 4.74 Å². The molecule has 1 aromatic rings. The Morgan fingerprint density at radius 2 is 2.31 bits per heavy atom. The minimum absolute atomic E-state index is 0.0235. The van der Waals surface area contributed by atoms with Crippen molar-refractivity contribution in [2.45, 2.75) is 11.7 Å². The van der Waals surface area contributed by atoms with Crippen molar-refractivity contribution >= 4 is 24.2 Å². The SMILES string of the molecule is COc1ccc(N2CC(S)CC2=O)cc1F. The summed E-state index contributed by atoms with van der Waals surface area (Å²) in [4.78, 5) is 13.1. The van der Waals surface area contributed by atoms with Gasteiger partial charge < -0.3 is 9.64 Å². The molecule has 0 N–H and O–H groups in total. The second-order valence-electron chi connectivity index (χ2n) is 3.68. The number of hydrogen-bond donors (Lipinski definition) is 1. The third kappa shape index (κ3) is 2.00. The Morgan fingerprint density at radius 3 is 2.81 bits per heavy atom. The monoisotopic (exact) mass is 241 g/mol. The van der Waals surface area contributed by atoms with Gasteiger partial charge in [-0.05, 0) is 12.1 Å². The predicted molar refractivity (Wildman–Crippen MR) is 62.7 cm³/mol. The van der Waals surface area contributed by atoms with Crippen LogP contribution < -0.4 is 9.64 Å². The van der Waals surface area contributed by atoms with Gasteiger partial charge in [-0.2, -0.15) is 12.6 Å². The van der Waals surface area contributed by atoms with Crippen molar-refractivity contribution in [1.29, 1.82) is 0 Å². The third-order valence-corrected chi connectivity index (χ3v) is 2.90. The molecule has 1 saturated heterocycles. The molecule has 1 aromatic carbocycles. The minimum atomic E-state index is -0.463. The minimum Gasteiger partial charge on any atom is -0.494 e. The van der Waals surface area contributed by atoms with E-state index in [2.05, 4.69) is 12.6 Å². The van der Waals surface area contributed by atoms with Crippen molar-refractivity contribution in [2.24, 2.45) is 0 Å². The molecule has 0 aromatic heterocycles.